The molecule has 6 rings (SSSR count). The SMILES string of the molecule is Cc1cccc(CNc2ccc(C3Cc4cnc(NCCCN5CCN(C)CC5)nc4-c4ccccc43)cc2)c1. The van der Waals surface area contributed by atoms with E-state index in [-0.39, 0.29) is 0 Å². The summed E-state index contributed by atoms with van der Waals surface area (Å²) in [6, 6.07) is 26.3. The second-order valence-corrected chi connectivity index (χ2v) is 11.3. The topological polar surface area (TPSA) is 56.3 Å². The highest BCUT2D eigenvalue weighted by atomic mass is 15.2. The van der Waals surface area contributed by atoms with Gasteiger partial charge in [-0.2, -0.15) is 0 Å². The monoisotopic (exact) mass is 532 g/mol. The van der Waals surface area contributed by atoms with Crippen molar-refractivity contribution in [2.45, 2.75) is 32.2 Å². The summed E-state index contributed by atoms with van der Waals surface area (Å²) in [7, 11) is 2.20. The highest BCUT2D eigenvalue weighted by molar-refractivity contribution is 5.72. The number of hydrogen-bond acceptors (Lipinski definition) is 6. The quantitative estimate of drug-likeness (QED) is 0.266. The van der Waals surface area contributed by atoms with E-state index in [1.54, 1.807) is 0 Å². The maximum absolute atomic E-state index is 5.00. The van der Waals surface area contributed by atoms with Crippen LogP contribution in [0.3, 0.4) is 0 Å². The summed E-state index contributed by atoms with van der Waals surface area (Å²) >= 11 is 0. The number of anilines is 2. The normalized spacial score (nSPS) is 17.2. The number of nitrogens with one attached hydrogen (secondary N) is 2. The number of fused-ring (bicyclic) bond motifs is 3. The van der Waals surface area contributed by atoms with E-state index in [1.807, 2.05) is 6.20 Å². The molecule has 1 aliphatic carbocycles. The van der Waals surface area contributed by atoms with Gasteiger partial charge in [0.1, 0.15) is 0 Å². The summed E-state index contributed by atoms with van der Waals surface area (Å²) in [6.45, 7) is 9.62. The molecule has 0 spiro atoms. The van der Waals surface area contributed by atoms with Gasteiger partial charge in [0.15, 0.2) is 0 Å². The van der Waals surface area contributed by atoms with Gasteiger partial charge < -0.3 is 20.4 Å². The van der Waals surface area contributed by atoms with Crippen LogP contribution in [0, 0.1) is 6.92 Å². The van der Waals surface area contributed by atoms with Gasteiger partial charge in [-0.25, -0.2) is 9.97 Å². The van der Waals surface area contributed by atoms with Gasteiger partial charge in [0.2, 0.25) is 5.95 Å². The molecule has 0 amide bonds. The first-order valence-corrected chi connectivity index (χ1v) is 14.6. The molecular weight excluding hydrogens is 492 g/mol. The van der Waals surface area contributed by atoms with Crippen molar-refractivity contribution in [1.29, 1.82) is 0 Å². The largest absolute Gasteiger partial charge is 0.381 e. The fourth-order valence-electron chi connectivity index (χ4n) is 5.95. The molecule has 2 aliphatic rings. The van der Waals surface area contributed by atoms with Crippen LogP contribution in [0.2, 0.25) is 0 Å². The minimum absolute atomic E-state index is 0.292. The Labute approximate surface area is 238 Å². The predicted molar refractivity (Wildman–Crippen MR) is 165 cm³/mol. The molecule has 1 atom stereocenters. The Bertz CT molecular complexity index is 1420. The van der Waals surface area contributed by atoms with E-state index in [4.69, 9.17) is 9.97 Å². The van der Waals surface area contributed by atoms with Crippen molar-refractivity contribution in [3.8, 4) is 11.3 Å². The summed E-state index contributed by atoms with van der Waals surface area (Å²) in [6.07, 6.45) is 4.04. The van der Waals surface area contributed by atoms with Crippen molar-refractivity contribution in [1.82, 2.24) is 19.8 Å². The lowest BCUT2D eigenvalue weighted by Crippen LogP contribution is -2.44. The lowest BCUT2D eigenvalue weighted by atomic mass is 9.78. The Kier molecular flexibility index (Phi) is 8.07. The van der Waals surface area contributed by atoms with Crippen LogP contribution in [-0.2, 0) is 13.0 Å². The van der Waals surface area contributed by atoms with Crippen LogP contribution >= 0.6 is 0 Å². The standard InChI is InChI=1S/C34H40N6/c1-25-7-5-8-26(21-25)23-36-29-13-11-27(12-14-29)32-22-28-24-37-34(38-33(28)31-10-4-3-9-30(31)32)35-15-6-16-40-19-17-39(2)18-20-40/h3-5,7-14,21,24,32,36H,6,15-20,22-23H2,1-2H3,(H,35,37,38). The number of hydrogen-bond donors (Lipinski definition) is 2. The maximum Gasteiger partial charge on any atom is 0.223 e. The number of benzene rings is 3. The lowest BCUT2D eigenvalue weighted by Gasteiger charge is -2.32. The number of rotatable bonds is 9. The van der Waals surface area contributed by atoms with E-state index in [0.717, 1.165) is 76.0 Å². The molecule has 1 saturated heterocycles. The second kappa shape index (κ2) is 12.2. The van der Waals surface area contributed by atoms with Gasteiger partial charge in [-0.1, -0.05) is 66.2 Å². The Morgan fingerprint density at radius 3 is 2.55 bits per heavy atom. The molecule has 0 radical (unpaired) electrons. The zero-order valence-corrected chi connectivity index (χ0v) is 23.7. The van der Waals surface area contributed by atoms with Crippen molar-refractivity contribution in [3.63, 3.8) is 0 Å². The molecular formula is C34H40N6. The van der Waals surface area contributed by atoms with Crippen molar-refractivity contribution >= 4 is 11.6 Å². The molecule has 40 heavy (non-hydrogen) atoms. The fourth-order valence-corrected chi connectivity index (χ4v) is 5.95. The van der Waals surface area contributed by atoms with Crippen LogP contribution in [0.15, 0.2) is 79.0 Å². The highest BCUT2D eigenvalue weighted by Crippen LogP contribution is 2.42. The fraction of sp³-hybridized carbons (Fsp3) is 0.353. The van der Waals surface area contributed by atoms with Crippen LogP contribution < -0.4 is 10.6 Å². The summed E-state index contributed by atoms with van der Waals surface area (Å²) in [5.74, 6) is 1.02. The third-order valence-electron chi connectivity index (χ3n) is 8.30. The Morgan fingerprint density at radius 2 is 1.73 bits per heavy atom. The predicted octanol–water partition coefficient (Wildman–Crippen LogP) is 5.80. The molecule has 1 aliphatic heterocycles. The average Bonchev–Trinajstić information content (AvgIpc) is 2.99. The van der Waals surface area contributed by atoms with Crippen molar-refractivity contribution < 1.29 is 0 Å². The summed E-state index contributed by atoms with van der Waals surface area (Å²) < 4.78 is 0. The van der Waals surface area contributed by atoms with E-state index in [0.29, 0.717) is 5.92 Å². The smallest absolute Gasteiger partial charge is 0.223 e. The molecule has 2 N–H and O–H groups in total. The minimum atomic E-state index is 0.292. The van der Waals surface area contributed by atoms with Crippen LogP contribution in [0.4, 0.5) is 11.6 Å². The van der Waals surface area contributed by atoms with Crippen LogP contribution in [-0.4, -0.2) is 66.1 Å². The van der Waals surface area contributed by atoms with Crippen LogP contribution in [0.5, 0.6) is 0 Å². The molecule has 206 valence electrons. The second-order valence-electron chi connectivity index (χ2n) is 11.3. The van der Waals surface area contributed by atoms with Gasteiger partial charge in [0.25, 0.3) is 0 Å². The van der Waals surface area contributed by atoms with E-state index < -0.39 is 0 Å². The zero-order chi connectivity index (χ0) is 27.3. The molecule has 4 aromatic rings. The van der Waals surface area contributed by atoms with E-state index in [9.17, 15) is 0 Å². The first-order valence-electron chi connectivity index (χ1n) is 14.6. The van der Waals surface area contributed by atoms with Gasteiger partial charge in [-0.05, 0) is 67.7 Å². The van der Waals surface area contributed by atoms with Crippen molar-refractivity contribution in [2.75, 3.05) is 56.9 Å². The van der Waals surface area contributed by atoms with Crippen LogP contribution in [0.1, 0.15) is 40.2 Å². The number of aryl methyl sites for hydroxylation is 1. The van der Waals surface area contributed by atoms with E-state index in [2.05, 4.69) is 107 Å². The molecule has 6 heteroatoms. The van der Waals surface area contributed by atoms with Gasteiger partial charge in [0, 0.05) is 62.6 Å². The number of aromatic nitrogens is 2. The minimum Gasteiger partial charge on any atom is -0.381 e. The van der Waals surface area contributed by atoms with Crippen molar-refractivity contribution in [2.24, 2.45) is 0 Å². The summed E-state index contributed by atoms with van der Waals surface area (Å²) in [4.78, 5) is 14.7. The number of likely N-dealkylation sites (N-methyl/N-ethyl adjacent to an activating group) is 1. The first-order chi connectivity index (χ1) is 19.6. The number of nitrogens with zero attached hydrogens (tertiary/aromatic N) is 4. The third-order valence-corrected chi connectivity index (χ3v) is 8.30. The molecule has 2 heterocycles. The summed E-state index contributed by atoms with van der Waals surface area (Å²) in [5.41, 5.74) is 9.90. The average molecular weight is 533 g/mol. The molecule has 1 aromatic heterocycles. The highest BCUT2D eigenvalue weighted by Gasteiger charge is 2.27. The Hall–Kier alpha value is -3.74. The Morgan fingerprint density at radius 1 is 0.900 bits per heavy atom. The molecule has 0 saturated carbocycles. The lowest BCUT2D eigenvalue weighted by molar-refractivity contribution is 0.154. The van der Waals surface area contributed by atoms with Gasteiger partial charge in [0.05, 0.1) is 5.69 Å². The van der Waals surface area contributed by atoms with Crippen molar-refractivity contribution in [3.05, 3.63) is 107 Å². The zero-order valence-electron chi connectivity index (χ0n) is 23.7. The molecule has 0 bridgehead atoms. The van der Waals surface area contributed by atoms with Gasteiger partial charge in [-0.3, -0.25) is 0 Å². The molecule has 6 nitrogen and oxygen atoms in total. The molecule has 3 aromatic carbocycles. The van der Waals surface area contributed by atoms with E-state index >= 15 is 0 Å². The van der Waals surface area contributed by atoms with Gasteiger partial charge >= 0.3 is 0 Å². The summed E-state index contributed by atoms with van der Waals surface area (Å²) in [5, 5.41) is 7.05. The molecule has 1 fully saturated rings. The van der Waals surface area contributed by atoms with Crippen LogP contribution in [0.25, 0.3) is 11.3 Å². The number of piperazine rings is 1. The first kappa shape index (κ1) is 26.5. The maximum atomic E-state index is 5.00. The van der Waals surface area contributed by atoms with Gasteiger partial charge in [-0.15, -0.1) is 0 Å². The Balaban J connectivity index is 1.11. The third kappa shape index (κ3) is 6.19. The van der Waals surface area contributed by atoms with E-state index in [1.165, 1.54) is 33.4 Å². The molecule has 1 unspecified atom stereocenters.